The molecule has 224 valence electrons. The van der Waals surface area contributed by atoms with Gasteiger partial charge in [0.2, 0.25) is 0 Å². The normalized spacial score (nSPS) is 12.0. The quantitative estimate of drug-likeness (QED) is 0.170. The smallest absolute Gasteiger partial charge is 0.255 e. The van der Waals surface area contributed by atoms with Crippen LogP contribution in [-0.2, 0) is 13.6 Å². The van der Waals surface area contributed by atoms with Gasteiger partial charge in [-0.2, -0.15) is 9.61 Å². The molecular weight excluding hydrogens is 546 g/mol. The van der Waals surface area contributed by atoms with E-state index in [1.165, 1.54) is 7.11 Å². The van der Waals surface area contributed by atoms with Crippen LogP contribution < -0.4 is 15.4 Å². The Morgan fingerprint density at radius 1 is 1.14 bits per heavy atom. The third kappa shape index (κ3) is 6.08. The van der Waals surface area contributed by atoms with Crippen LogP contribution in [0.4, 0.5) is 5.82 Å². The number of aromatic nitrogens is 5. The summed E-state index contributed by atoms with van der Waals surface area (Å²) in [6, 6.07) is 13.7. The van der Waals surface area contributed by atoms with Gasteiger partial charge in [0.15, 0.2) is 5.65 Å². The number of hydrogen-bond donors (Lipinski definition) is 4. The third-order valence-electron chi connectivity index (χ3n) is 7.32. The number of fused-ring (bicyclic) bond motifs is 1. The number of benzene rings is 2. The standard InChI is InChI=1S/C32H37N7O4/c1-19-14-24(16-25(29(19)43-5)32(42)34-10-7-13-40)28-20(2)37-39-27(17-26(21(3)41)36-31(28)39)35-18-22-8-6-9-23(15-22)30-33-11-12-38(30)4/h6,8-9,11-12,14-17,21,35,40-41H,7,10,13,18H2,1-5H3,(H,34,42). The molecule has 0 spiro atoms. The first-order chi connectivity index (χ1) is 20.7. The number of aryl methyl sites for hydroxylation is 3. The van der Waals surface area contributed by atoms with Crippen LogP contribution in [0.15, 0.2) is 54.9 Å². The van der Waals surface area contributed by atoms with Crippen molar-refractivity contribution in [3.8, 4) is 28.3 Å². The number of carbonyl (C=O) groups is 1. The minimum Gasteiger partial charge on any atom is -0.496 e. The van der Waals surface area contributed by atoms with Crippen molar-refractivity contribution < 1.29 is 19.7 Å². The molecule has 1 amide bonds. The van der Waals surface area contributed by atoms with E-state index in [1.54, 1.807) is 29.8 Å². The molecule has 0 saturated carbocycles. The number of nitrogens with zero attached hydrogens (tertiary/aromatic N) is 5. The van der Waals surface area contributed by atoms with Gasteiger partial charge in [-0.05, 0) is 62.1 Å². The van der Waals surface area contributed by atoms with E-state index in [4.69, 9.17) is 19.9 Å². The van der Waals surface area contributed by atoms with Crippen molar-refractivity contribution in [2.75, 3.05) is 25.6 Å². The Kier molecular flexibility index (Phi) is 8.74. The van der Waals surface area contributed by atoms with E-state index in [1.807, 2.05) is 55.9 Å². The van der Waals surface area contributed by atoms with Gasteiger partial charge < -0.3 is 30.2 Å². The summed E-state index contributed by atoms with van der Waals surface area (Å²) in [7, 11) is 3.50. The Morgan fingerprint density at radius 2 is 1.95 bits per heavy atom. The SMILES string of the molecule is COc1c(C)cc(-c2c(C)nn3c(NCc4cccc(-c5nccn5C)c4)cc(C(C)O)nc23)cc1C(=O)NCCCO. The molecule has 0 bridgehead atoms. The van der Waals surface area contributed by atoms with Crippen LogP contribution in [-0.4, -0.2) is 60.5 Å². The van der Waals surface area contributed by atoms with Crippen LogP contribution in [0, 0.1) is 13.8 Å². The van der Waals surface area contributed by atoms with E-state index in [0.29, 0.717) is 53.7 Å². The number of methoxy groups -OCH3 is 1. The second-order valence-electron chi connectivity index (χ2n) is 10.6. The van der Waals surface area contributed by atoms with Gasteiger partial charge in [-0.1, -0.05) is 18.2 Å². The van der Waals surface area contributed by atoms with Gasteiger partial charge in [-0.15, -0.1) is 0 Å². The zero-order chi connectivity index (χ0) is 30.7. The molecule has 4 N–H and O–H groups in total. The lowest BCUT2D eigenvalue weighted by atomic mass is 9.98. The molecule has 43 heavy (non-hydrogen) atoms. The summed E-state index contributed by atoms with van der Waals surface area (Å²) < 4.78 is 9.30. The summed E-state index contributed by atoms with van der Waals surface area (Å²) >= 11 is 0. The number of rotatable bonds is 11. The Morgan fingerprint density at radius 3 is 2.65 bits per heavy atom. The van der Waals surface area contributed by atoms with Crippen molar-refractivity contribution in [3.63, 3.8) is 0 Å². The molecule has 5 aromatic rings. The second-order valence-corrected chi connectivity index (χ2v) is 10.6. The predicted molar refractivity (Wildman–Crippen MR) is 165 cm³/mol. The molecule has 0 saturated heterocycles. The average molecular weight is 584 g/mol. The summed E-state index contributed by atoms with van der Waals surface area (Å²) in [5.41, 5.74) is 6.48. The molecule has 5 rings (SSSR count). The number of aliphatic hydroxyl groups excluding tert-OH is 2. The topological polar surface area (TPSA) is 139 Å². The fraction of sp³-hybridized carbons (Fsp3) is 0.312. The molecule has 0 aliphatic carbocycles. The van der Waals surface area contributed by atoms with Crippen LogP contribution in [0.2, 0.25) is 0 Å². The average Bonchev–Trinajstić information content (AvgIpc) is 3.57. The van der Waals surface area contributed by atoms with Gasteiger partial charge in [0.1, 0.15) is 17.4 Å². The van der Waals surface area contributed by atoms with Gasteiger partial charge in [0, 0.05) is 56.3 Å². The van der Waals surface area contributed by atoms with E-state index < -0.39 is 6.10 Å². The zero-order valence-corrected chi connectivity index (χ0v) is 25.0. The minimum absolute atomic E-state index is 0.0126. The summed E-state index contributed by atoms with van der Waals surface area (Å²) in [4.78, 5) is 22.4. The number of hydrogen-bond acceptors (Lipinski definition) is 8. The lowest BCUT2D eigenvalue weighted by Gasteiger charge is -2.15. The van der Waals surface area contributed by atoms with Gasteiger partial charge in [0.05, 0.1) is 30.2 Å². The molecule has 1 atom stereocenters. The lowest BCUT2D eigenvalue weighted by molar-refractivity contribution is 0.0948. The summed E-state index contributed by atoms with van der Waals surface area (Å²) in [6.45, 7) is 6.29. The highest BCUT2D eigenvalue weighted by atomic mass is 16.5. The Bertz CT molecular complexity index is 1770. The monoisotopic (exact) mass is 583 g/mol. The van der Waals surface area contributed by atoms with Crippen LogP contribution in [0.3, 0.4) is 0 Å². The number of imidazole rings is 1. The van der Waals surface area contributed by atoms with Crippen LogP contribution in [0.25, 0.3) is 28.2 Å². The lowest BCUT2D eigenvalue weighted by Crippen LogP contribution is -2.25. The van der Waals surface area contributed by atoms with E-state index in [9.17, 15) is 9.90 Å². The highest BCUT2D eigenvalue weighted by Crippen LogP contribution is 2.35. The number of aliphatic hydroxyl groups is 2. The molecule has 1 unspecified atom stereocenters. The number of ether oxygens (including phenoxy) is 1. The van der Waals surface area contributed by atoms with Gasteiger partial charge in [-0.25, -0.2) is 9.97 Å². The molecule has 0 aliphatic rings. The van der Waals surface area contributed by atoms with Crippen molar-refractivity contribution in [1.29, 1.82) is 0 Å². The molecule has 0 aliphatic heterocycles. The van der Waals surface area contributed by atoms with E-state index >= 15 is 0 Å². The van der Waals surface area contributed by atoms with Crippen LogP contribution in [0.5, 0.6) is 5.75 Å². The number of nitrogens with one attached hydrogen (secondary N) is 2. The maximum absolute atomic E-state index is 13.1. The minimum atomic E-state index is -0.814. The maximum Gasteiger partial charge on any atom is 0.255 e. The molecule has 3 aromatic heterocycles. The summed E-state index contributed by atoms with van der Waals surface area (Å²) in [5, 5.41) is 30.8. The first-order valence-corrected chi connectivity index (χ1v) is 14.2. The Labute approximate surface area is 250 Å². The first kappa shape index (κ1) is 29.7. The van der Waals surface area contributed by atoms with Gasteiger partial charge >= 0.3 is 0 Å². The van der Waals surface area contributed by atoms with Crippen molar-refractivity contribution in [1.82, 2.24) is 29.5 Å². The molecule has 0 fully saturated rings. The van der Waals surface area contributed by atoms with Crippen LogP contribution in [0.1, 0.15) is 52.3 Å². The fourth-order valence-corrected chi connectivity index (χ4v) is 5.21. The van der Waals surface area contributed by atoms with Crippen molar-refractivity contribution >= 4 is 17.4 Å². The van der Waals surface area contributed by atoms with Gasteiger partial charge in [0.25, 0.3) is 5.91 Å². The van der Waals surface area contributed by atoms with E-state index in [0.717, 1.165) is 33.6 Å². The summed E-state index contributed by atoms with van der Waals surface area (Å²) in [6.07, 6.45) is 3.33. The second kappa shape index (κ2) is 12.6. The fourth-order valence-electron chi connectivity index (χ4n) is 5.21. The Hall–Kier alpha value is -4.74. The molecule has 3 heterocycles. The predicted octanol–water partition coefficient (Wildman–Crippen LogP) is 4.20. The van der Waals surface area contributed by atoms with E-state index in [2.05, 4.69) is 21.7 Å². The molecular formula is C32H37N7O4. The number of anilines is 1. The molecule has 11 heteroatoms. The van der Waals surface area contributed by atoms with Gasteiger partial charge in [-0.3, -0.25) is 4.79 Å². The van der Waals surface area contributed by atoms with Crippen molar-refractivity contribution in [2.45, 2.75) is 39.8 Å². The number of carbonyl (C=O) groups excluding carboxylic acids is 1. The first-order valence-electron chi connectivity index (χ1n) is 14.2. The molecule has 0 radical (unpaired) electrons. The third-order valence-corrected chi connectivity index (χ3v) is 7.32. The highest BCUT2D eigenvalue weighted by molar-refractivity contribution is 5.99. The molecule has 11 nitrogen and oxygen atoms in total. The van der Waals surface area contributed by atoms with Crippen LogP contribution >= 0.6 is 0 Å². The Balaban J connectivity index is 1.55. The number of amides is 1. The highest BCUT2D eigenvalue weighted by Gasteiger charge is 2.22. The zero-order valence-electron chi connectivity index (χ0n) is 25.0. The summed E-state index contributed by atoms with van der Waals surface area (Å²) in [5.74, 6) is 1.74. The maximum atomic E-state index is 13.1. The molecule has 2 aromatic carbocycles. The largest absolute Gasteiger partial charge is 0.496 e. The van der Waals surface area contributed by atoms with Crippen molar-refractivity contribution in [3.05, 3.63) is 82.9 Å². The van der Waals surface area contributed by atoms with E-state index in [-0.39, 0.29) is 12.5 Å². The van der Waals surface area contributed by atoms with Crippen molar-refractivity contribution in [2.24, 2.45) is 7.05 Å².